The lowest BCUT2D eigenvalue weighted by molar-refractivity contribution is -0.145. The van der Waals surface area contributed by atoms with Crippen LogP contribution < -0.4 is 10.6 Å². The molecule has 1 fully saturated rings. The van der Waals surface area contributed by atoms with Crippen LogP contribution in [0.2, 0.25) is 0 Å². The van der Waals surface area contributed by atoms with E-state index in [1.54, 1.807) is 0 Å². The maximum absolute atomic E-state index is 13.4. The largest absolute Gasteiger partial charge is 0.405 e. The highest BCUT2D eigenvalue weighted by Gasteiger charge is 2.42. The molecule has 15 heavy (non-hydrogen) atoms. The number of hydrogen-bond donors (Lipinski definition) is 2. The quantitative estimate of drug-likeness (QED) is 0.712. The lowest BCUT2D eigenvalue weighted by Crippen LogP contribution is -2.47. The highest BCUT2D eigenvalue weighted by Crippen LogP contribution is 2.20. The molecule has 1 atom stereocenters. The Balaban J connectivity index is 0.00000196. The van der Waals surface area contributed by atoms with Gasteiger partial charge in [0.25, 0.3) is 5.91 Å². The van der Waals surface area contributed by atoms with Gasteiger partial charge < -0.3 is 10.6 Å². The molecule has 1 aliphatic rings. The molecule has 1 unspecified atom stereocenters. The van der Waals surface area contributed by atoms with Crippen LogP contribution >= 0.6 is 12.4 Å². The van der Waals surface area contributed by atoms with Crippen LogP contribution in [-0.2, 0) is 4.79 Å². The molecule has 0 spiro atoms. The molecule has 1 saturated heterocycles. The molecule has 0 saturated carbocycles. The van der Waals surface area contributed by atoms with E-state index in [-0.39, 0.29) is 25.4 Å². The summed E-state index contributed by atoms with van der Waals surface area (Å²) in [7, 11) is 0. The van der Waals surface area contributed by atoms with Crippen LogP contribution in [0, 0.1) is 0 Å². The number of carbonyl (C=O) groups excluding carboxylic acids is 1. The van der Waals surface area contributed by atoms with Crippen LogP contribution in [0.5, 0.6) is 0 Å². The van der Waals surface area contributed by atoms with Gasteiger partial charge in [0.2, 0.25) is 5.67 Å². The monoisotopic (exact) mass is 250 g/mol. The first-order valence-corrected chi connectivity index (χ1v) is 4.08. The number of halogens is 5. The minimum Gasteiger partial charge on any atom is -0.344 e. The summed E-state index contributed by atoms with van der Waals surface area (Å²) in [6.45, 7) is -1.41. The van der Waals surface area contributed by atoms with Gasteiger partial charge in [0.05, 0.1) is 0 Å². The average Bonchev–Trinajstić information content (AvgIpc) is 2.48. The van der Waals surface area contributed by atoms with Crippen LogP contribution in [0.3, 0.4) is 0 Å². The first kappa shape index (κ1) is 14.4. The molecule has 0 aromatic heterocycles. The fraction of sp³-hybridized carbons (Fsp3) is 0.857. The third-order valence-electron chi connectivity index (χ3n) is 1.96. The van der Waals surface area contributed by atoms with Crippen molar-refractivity contribution in [2.75, 3.05) is 19.6 Å². The van der Waals surface area contributed by atoms with E-state index in [0.29, 0.717) is 6.54 Å². The zero-order valence-corrected chi connectivity index (χ0v) is 8.47. The van der Waals surface area contributed by atoms with Gasteiger partial charge in [-0.15, -0.1) is 12.4 Å². The number of alkyl halides is 4. The summed E-state index contributed by atoms with van der Waals surface area (Å²) < 4.78 is 48.5. The molecule has 0 aliphatic carbocycles. The van der Waals surface area contributed by atoms with Crippen molar-refractivity contribution in [2.24, 2.45) is 0 Å². The van der Waals surface area contributed by atoms with E-state index in [0.717, 1.165) is 0 Å². The molecule has 3 nitrogen and oxygen atoms in total. The van der Waals surface area contributed by atoms with Gasteiger partial charge in [0.1, 0.15) is 6.54 Å². The van der Waals surface area contributed by atoms with Crippen LogP contribution in [0.15, 0.2) is 0 Å². The SMILES string of the molecule is Cl.O=C(NCC(F)(F)F)C1(F)CCNC1. The van der Waals surface area contributed by atoms with Gasteiger partial charge in [-0.3, -0.25) is 4.79 Å². The number of carbonyl (C=O) groups is 1. The Hall–Kier alpha value is -0.560. The second kappa shape index (κ2) is 4.98. The van der Waals surface area contributed by atoms with E-state index in [2.05, 4.69) is 5.32 Å². The molecule has 0 bridgehead atoms. The highest BCUT2D eigenvalue weighted by atomic mass is 35.5. The molecule has 1 rings (SSSR count). The molecule has 1 heterocycles. The fourth-order valence-electron chi connectivity index (χ4n) is 1.19. The van der Waals surface area contributed by atoms with Gasteiger partial charge in [0.15, 0.2) is 0 Å². The number of hydrogen-bond acceptors (Lipinski definition) is 2. The second-order valence-electron chi connectivity index (χ2n) is 3.19. The maximum atomic E-state index is 13.4. The Morgan fingerprint density at radius 2 is 2.07 bits per heavy atom. The molecular formula is C7H11ClF4N2O. The third-order valence-corrected chi connectivity index (χ3v) is 1.96. The number of rotatable bonds is 2. The van der Waals surface area contributed by atoms with Gasteiger partial charge in [-0.25, -0.2) is 4.39 Å². The van der Waals surface area contributed by atoms with Gasteiger partial charge in [-0.05, 0) is 6.54 Å². The number of amides is 1. The Labute approximate surface area is 90.0 Å². The smallest absolute Gasteiger partial charge is 0.344 e. The third kappa shape index (κ3) is 4.21. The van der Waals surface area contributed by atoms with Crippen molar-refractivity contribution in [1.82, 2.24) is 10.6 Å². The predicted octanol–water partition coefficient (Wildman–Crippen LogP) is 0.788. The Morgan fingerprint density at radius 3 is 2.47 bits per heavy atom. The van der Waals surface area contributed by atoms with E-state index >= 15 is 0 Å². The van der Waals surface area contributed by atoms with Crippen molar-refractivity contribution in [3.05, 3.63) is 0 Å². The molecule has 1 aliphatic heterocycles. The second-order valence-corrected chi connectivity index (χ2v) is 3.19. The zero-order chi connectivity index (χ0) is 10.8. The minimum atomic E-state index is -4.50. The number of nitrogens with one attached hydrogen (secondary N) is 2. The van der Waals surface area contributed by atoms with Gasteiger partial charge in [-0.1, -0.05) is 0 Å². The van der Waals surface area contributed by atoms with E-state index in [1.165, 1.54) is 5.32 Å². The molecule has 0 radical (unpaired) electrons. The predicted molar refractivity (Wildman–Crippen MR) is 47.6 cm³/mol. The van der Waals surface area contributed by atoms with E-state index in [9.17, 15) is 22.4 Å². The maximum Gasteiger partial charge on any atom is 0.405 e. The first-order valence-electron chi connectivity index (χ1n) is 4.08. The molecular weight excluding hydrogens is 240 g/mol. The van der Waals surface area contributed by atoms with Gasteiger partial charge >= 0.3 is 6.18 Å². The molecule has 0 aromatic carbocycles. The zero-order valence-electron chi connectivity index (χ0n) is 7.66. The molecule has 2 N–H and O–H groups in total. The van der Waals surface area contributed by atoms with E-state index in [4.69, 9.17) is 0 Å². The topological polar surface area (TPSA) is 41.1 Å². The van der Waals surface area contributed by atoms with E-state index in [1.807, 2.05) is 0 Å². The summed E-state index contributed by atoms with van der Waals surface area (Å²) >= 11 is 0. The fourth-order valence-corrected chi connectivity index (χ4v) is 1.19. The van der Waals surface area contributed by atoms with Gasteiger partial charge in [0, 0.05) is 13.0 Å². The van der Waals surface area contributed by atoms with Crippen LogP contribution in [-0.4, -0.2) is 37.4 Å². The molecule has 90 valence electrons. The Kier molecular flexibility index (Phi) is 4.79. The summed E-state index contributed by atoms with van der Waals surface area (Å²) in [5.41, 5.74) is -2.19. The van der Waals surface area contributed by atoms with Gasteiger partial charge in [-0.2, -0.15) is 13.2 Å². The Morgan fingerprint density at radius 1 is 1.47 bits per heavy atom. The first-order chi connectivity index (χ1) is 6.33. The van der Waals surface area contributed by atoms with Crippen LogP contribution in [0.4, 0.5) is 17.6 Å². The van der Waals surface area contributed by atoms with E-state index < -0.39 is 24.3 Å². The molecule has 8 heteroatoms. The minimum absolute atomic E-state index is 0. The average molecular weight is 251 g/mol. The van der Waals surface area contributed by atoms with Crippen LogP contribution in [0.1, 0.15) is 6.42 Å². The molecule has 0 aromatic rings. The van der Waals surface area contributed by atoms with Crippen LogP contribution in [0.25, 0.3) is 0 Å². The standard InChI is InChI=1S/C7H10F4N2O.ClH/c8-6(1-2-12-3-6)5(14)13-4-7(9,10)11;/h12H,1-4H2,(H,13,14);1H. The Bertz CT molecular complexity index is 228. The van der Waals surface area contributed by atoms with Crippen molar-refractivity contribution in [3.8, 4) is 0 Å². The normalized spacial score (nSPS) is 25.9. The van der Waals surface area contributed by atoms with Crippen molar-refractivity contribution in [2.45, 2.75) is 18.3 Å². The molecule has 1 amide bonds. The lowest BCUT2D eigenvalue weighted by atomic mass is 10.1. The van der Waals surface area contributed by atoms with Crippen molar-refractivity contribution in [3.63, 3.8) is 0 Å². The summed E-state index contributed by atoms with van der Waals surface area (Å²) in [4.78, 5) is 11.0. The lowest BCUT2D eigenvalue weighted by Gasteiger charge is -2.17. The highest BCUT2D eigenvalue weighted by molar-refractivity contribution is 5.86. The summed E-state index contributed by atoms with van der Waals surface area (Å²) in [6.07, 6.45) is -4.59. The van der Waals surface area contributed by atoms with Crippen molar-refractivity contribution in [1.29, 1.82) is 0 Å². The van der Waals surface area contributed by atoms with Crippen molar-refractivity contribution < 1.29 is 22.4 Å². The van der Waals surface area contributed by atoms with Crippen molar-refractivity contribution >= 4 is 18.3 Å². The summed E-state index contributed by atoms with van der Waals surface area (Å²) in [5, 5.41) is 4.10. The summed E-state index contributed by atoms with van der Waals surface area (Å²) in [5.74, 6) is -1.19. The summed E-state index contributed by atoms with van der Waals surface area (Å²) in [6, 6.07) is 0.